The van der Waals surface area contributed by atoms with Crippen molar-refractivity contribution in [2.45, 2.75) is 20.0 Å². The van der Waals surface area contributed by atoms with Crippen LogP contribution in [0.1, 0.15) is 28.4 Å². The number of ether oxygens (including phenoxy) is 1. The van der Waals surface area contributed by atoms with Gasteiger partial charge in [0.25, 0.3) is 0 Å². The molecule has 94 valence electrons. The van der Waals surface area contributed by atoms with Gasteiger partial charge in [-0.05, 0) is 36.6 Å². The zero-order valence-corrected chi connectivity index (χ0v) is 10.8. The molecule has 0 spiro atoms. The Bertz CT molecular complexity index is 535. The quantitative estimate of drug-likeness (QED) is 0.901. The fourth-order valence-corrected chi connectivity index (χ4v) is 1.80. The topological polar surface area (TPSA) is 42.4 Å². The third-order valence-electron chi connectivity index (χ3n) is 3.13. The highest BCUT2D eigenvalue weighted by atomic mass is 16.5. The predicted molar refractivity (Wildman–Crippen MR) is 70.8 cm³/mol. The molecule has 18 heavy (non-hydrogen) atoms. The van der Waals surface area contributed by atoms with Crippen LogP contribution in [0.4, 0.5) is 0 Å². The number of hydrogen-bond donors (Lipinski definition) is 1. The van der Waals surface area contributed by atoms with Crippen LogP contribution in [0.25, 0.3) is 0 Å². The van der Waals surface area contributed by atoms with Gasteiger partial charge >= 0.3 is 0 Å². The molecular weight excluding hydrogens is 226 g/mol. The first-order valence-electron chi connectivity index (χ1n) is 5.87. The van der Waals surface area contributed by atoms with Crippen molar-refractivity contribution in [3.05, 3.63) is 58.8 Å². The average Bonchev–Trinajstić information content (AvgIpc) is 2.41. The fraction of sp³-hybridized carbons (Fsp3) is 0.267. The van der Waals surface area contributed by atoms with Gasteiger partial charge in [0.05, 0.1) is 7.11 Å². The molecule has 2 aromatic rings. The van der Waals surface area contributed by atoms with E-state index in [1.54, 1.807) is 19.4 Å². The highest BCUT2D eigenvalue weighted by Gasteiger charge is 2.11. The van der Waals surface area contributed by atoms with Crippen molar-refractivity contribution < 1.29 is 9.84 Å². The summed E-state index contributed by atoms with van der Waals surface area (Å²) in [5, 5.41) is 10.3. The van der Waals surface area contributed by atoms with Gasteiger partial charge in [-0.25, -0.2) is 4.98 Å². The molecule has 3 nitrogen and oxygen atoms in total. The van der Waals surface area contributed by atoms with Gasteiger partial charge in [0, 0.05) is 17.8 Å². The molecule has 2 rings (SSSR count). The number of aliphatic hydroxyl groups excluding tert-OH is 1. The van der Waals surface area contributed by atoms with E-state index in [9.17, 15) is 5.11 Å². The molecule has 1 aromatic heterocycles. The first kappa shape index (κ1) is 12.6. The number of pyridine rings is 1. The number of benzene rings is 1. The summed E-state index contributed by atoms with van der Waals surface area (Å²) in [7, 11) is 1.57. The summed E-state index contributed by atoms with van der Waals surface area (Å²) >= 11 is 0. The molecule has 0 amide bonds. The number of rotatable bonds is 3. The van der Waals surface area contributed by atoms with E-state index in [0.29, 0.717) is 5.88 Å². The van der Waals surface area contributed by atoms with E-state index >= 15 is 0 Å². The minimum absolute atomic E-state index is 0.547. The number of aryl methyl sites for hydroxylation is 2. The van der Waals surface area contributed by atoms with E-state index in [4.69, 9.17) is 4.74 Å². The van der Waals surface area contributed by atoms with Crippen molar-refractivity contribution in [3.63, 3.8) is 0 Å². The fourth-order valence-electron chi connectivity index (χ4n) is 1.80. The molecule has 0 bridgehead atoms. The minimum atomic E-state index is -0.650. The number of nitrogens with zero attached hydrogens (tertiary/aromatic N) is 1. The van der Waals surface area contributed by atoms with Crippen molar-refractivity contribution in [1.29, 1.82) is 0 Å². The number of aromatic nitrogens is 1. The van der Waals surface area contributed by atoms with Crippen LogP contribution in [-0.4, -0.2) is 17.2 Å². The Labute approximate surface area is 107 Å². The van der Waals surface area contributed by atoms with Crippen molar-refractivity contribution in [3.8, 4) is 5.88 Å². The lowest BCUT2D eigenvalue weighted by atomic mass is 9.99. The molecule has 0 fully saturated rings. The molecule has 0 saturated heterocycles. The van der Waals surface area contributed by atoms with Gasteiger partial charge in [-0.1, -0.05) is 18.2 Å². The van der Waals surface area contributed by atoms with Crippen LogP contribution in [0.15, 0.2) is 36.5 Å². The molecule has 0 aliphatic carbocycles. The molecule has 1 unspecified atom stereocenters. The Hall–Kier alpha value is -1.87. The monoisotopic (exact) mass is 243 g/mol. The van der Waals surface area contributed by atoms with Crippen LogP contribution in [0.5, 0.6) is 5.88 Å². The van der Waals surface area contributed by atoms with E-state index in [1.165, 1.54) is 11.1 Å². The Morgan fingerprint density at radius 1 is 1.06 bits per heavy atom. The van der Waals surface area contributed by atoms with Gasteiger partial charge in [0.1, 0.15) is 6.10 Å². The second-order valence-corrected chi connectivity index (χ2v) is 4.38. The summed E-state index contributed by atoms with van der Waals surface area (Å²) < 4.78 is 5.00. The smallest absolute Gasteiger partial charge is 0.212 e. The molecular formula is C15H17NO2. The second-order valence-electron chi connectivity index (χ2n) is 4.38. The average molecular weight is 243 g/mol. The van der Waals surface area contributed by atoms with E-state index < -0.39 is 6.10 Å². The van der Waals surface area contributed by atoms with Gasteiger partial charge in [0.15, 0.2) is 0 Å². The summed E-state index contributed by atoms with van der Waals surface area (Å²) in [6.45, 7) is 4.10. The van der Waals surface area contributed by atoms with Gasteiger partial charge in [-0.3, -0.25) is 0 Å². The lowest BCUT2D eigenvalue weighted by molar-refractivity contribution is 0.219. The molecule has 1 heterocycles. The van der Waals surface area contributed by atoms with E-state index in [2.05, 4.69) is 11.9 Å². The second kappa shape index (κ2) is 5.19. The summed E-state index contributed by atoms with van der Waals surface area (Å²) in [6.07, 6.45) is 0.987. The zero-order chi connectivity index (χ0) is 13.1. The Kier molecular flexibility index (Phi) is 3.63. The van der Waals surface area contributed by atoms with Crippen molar-refractivity contribution in [2.24, 2.45) is 0 Å². The van der Waals surface area contributed by atoms with Crippen LogP contribution in [0, 0.1) is 13.8 Å². The minimum Gasteiger partial charge on any atom is -0.481 e. The van der Waals surface area contributed by atoms with Crippen LogP contribution < -0.4 is 4.74 Å². The zero-order valence-electron chi connectivity index (χ0n) is 10.8. The van der Waals surface area contributed by atoms with Crippen LogP contribution in [0.2, 0.25) is 0 Å². The summed E-state index contributed by atoms with van der Waals surface area (Å²) in [6, 6.07) is 9.54. The summed E-state index contributed by atoms with van der Waals surface area (Å²) in [5.41, 5.74) is 4.04. The van der Waals surface area contributed by atoms with Crippen molar-refractivity contribution >= 4 is 0 Å². The lowest BCUT2D eigenvalue weighted by Gasteiger charge is -2.13. The Balaban J connectivity index is 2.28. The van der Waals surface area contributed by atoms with Crippen LogP contribution >= 0.6 is 0 Å². The van der Waals surface area contributed by atoms with Crippen LogP contribution in [-0.2, 0) is 0 Å². The standard InChI is InChI=1S/C15H17NO2/c1-10-4-5-12(8-11(10)2)15(17)13-6-7-14(18-3)16-9-13/h4-9,15,17H,1-3H3. The Morgan fingerprint density at radius 3 is 2.33 bits per heavy atom. The van der Waals surface area contributed by atoms with E-state index in [0.717, 1.165) is 11.1 Å². The molecule has 1 atom stereocenters. The highest BCUT2D eigenvalue weighted by Crippen LogP contribution is 2.24. The molecule has 1 aromatic carbocycles. The highest BCUT2D eigenvalue weighted by molar-refractivity contribution is 5.35. The molecule has 0 aliphatic heterocycles. The first-order chi connectivity index (χ1) is 8.61. The maximum atomic E-state index is 10.3. The third-order valence-corrected chi connectivity index (χ3v) is 3.13. The van der Waals surface area contributed by atoms with Gasteiger partial charge in [-0.15, -0.1) is 0 Å². The molecule has 0 radical (unpaired) electrons. The third kappa shape index (κ3) is 2.51. The summed E-state index contributed by atoms with van der Waals surface area (Å²) in [5.74, 6) is 0.547. The molecule has 3 heteroatoms. The largest absolute Gasteiger partial charge is 0.481 e. The summed E-state index contributed by atoms with van der Waals surface area (Å²) in [4.78, 5) is 4.10. The van der Waals surface area contributed by atoms with E-state index in [1.807, 2.05) is 31.2 Å². The number of aliphatic hydroxyl groups is 1. The predicted octanol–water partition coefficient (Wildman–Crippen LogP) is 2.79. The molecule has 1 N–H and O–H groups in total. The first-order valence-corrected chi connectivity index (χ1v) is 5.87. The Morgan fingerprint density at radius 2 is 1.78 bits per heavy atom. The van der Waals surface area contributed by atoms with Gasteiger partial charge in [-0.2, -0.15) is 0 Å². The van der Waals surface area contributed by atoms with Crippen LogP contribution in [0.3, 0.4) is 0 Å². The number of methoxy groups -OCH3 is 1. The SMILES string of the molecule is COc1ccc(C(O)c2ccc(C)c(C)c2)cn1. The van der Waals surface area contributed by atoms with Crippen molar-refractivity contribution in [1.82, 2.24) is 4.98 Å². The molecule has 0 saturated carbocycles. The van der Waals surface area contributed by atoms with Gasteiger partial charge in [0.2, 0.25) is 5.88 Å². The van der Waals surface area contributed by atoms with E-state index in [-0.39, 0.29) is 0 Å². The molecule has 0 aliphatic rings. The van der Waals surface area contributed by atoms with Gasteiger partial charge < -0.3 is 9.84 Å². The van der Waals surface area contributed by atoms with Crippen molar-refractivity contribution in [2.75, 3.05) is 7.11 Å². The number of hydrogen-bond acceptors (Lipinski definition) is 3. The maximum absolute atomic E-state index is 10.3. The lowest BCUT2D eigenvalue weighted by Crippen LogP contribution is -2.01. The normalized spacial score (nSPS) is 12.2. The maximum Gasteiger partial charge on any atom is 0.212 e.